The van der Waals surface area contributed by atoms with Crippen molar-refractivity contribution < 1.29 is 0 Å². The second-order valence-electron chi connectivity index (χ2n) is 1.54. The first-order chi connectivity index (χ1) is 3.12. The van der Waals surface area contributed by atoms with Gasteiger partial charge in [-0.05, 0) is 6.42 Å². The molecule has 0 saturated carbocycles. The molecule has 0 fully saturated rings. The Morgan fingerprint density at radius 2 is 2.00 bits per heavy atom. The molecular weight excluding hydrogens is 126 g/mol. The van der Waals surface area contributed by atoms with Crippen molar-refractivity contribution in [2.45, 2.75) is 17.4 Å². The van der Waals surface area contributed by atoms with E-state index in [4.69, 9.17) is 5.73 Å². The van der Waals surface area contributed by atoms with E-state index in [0.717, 1.165) is 6.42 Å². The van der Waals surface area contributed by atoms with Gasteiger partial charge in [-0.15, -0.1) is 0 Å². The van der Waals surface area contributed by atoms with Gasteiger partial charge in [-0.1, -0.05) is 6.92 Å². The van der Waals surface area contributed by atoms with Crippen molar-refractivity contribution >= 4 is 25.3 Å². The highest BCUT2D eigenvalue weighted by molar-refractivity contribution is 8.00. The lowest BCUT2D eigenvalue weighted by atomic mass is 10.3. The van der Waals surface area contributed by atoms with Gasteiger partial charge in [-0.3, -0.25) is 0 Å². The minimum Gasteiger partial charge on any atom is -0.328 e. The predicted octanol–water partition coefficient (Wildman–Crippen LogP) is 0.911. The smallest absolute Gasteiger partial charge is 0.0670 e. The summed E-state index contributed by atoms with van der Waals surface area (Å²) in [5.41, 5.74) is 5.26. The molecule has 1 nitrogen and oxygen atoms in total. The molecule has 0 aliphatic heterocycles. The summed E-state index contributed by atoms with van der Waals surface area (Å²) in [4.78, 5) is 0. The number of hydrogen-bond acceptors (Lipinski definition) is 3. The monoisotopic (exact) mass is 137 g/mol. The quantitative estimate of drug-likeness (QED) is 0.383. The van der Waals surface area contributed by atoms with Crippen LogP contribution in [0.3, 0.4) is 0 Å². The summed E-state index contributed by atoms with van der Waals surface area (Å²) < 4.78 is -0.250. The van der Waals surface area contributed by atoms with E-state index in [1.165, 1.54) is 0 Å². The zero-order valence-corrected chi connectivity index (χ0v) is 6.17. The first-order valence-corrected chi connectivity index (χ1v) is 3.16. The summed E-state index contributed by atoms with van der Waals surface area (Å²) in [7, 11) is 0. The van der Waals surface area contributed by atoms with Crippen molar-refractivity contribution in [1.29, 1.82) is 0 Å². The van der Waals surface area contributed by atoms with Gasteiger partial charge in [0.2, 0.25) is 0 Å². The highest BCUT2D eigenvalue weighted by atomic mass is 32.2. The minimum atomic E-state index is -0.250. The van der Waals surface area contributed by atoms with Crippen molar-refractivity contribution in [3.05, 3.63) is 0 Å². The van der Waals surface area contributed by atoms with E-state index in [1.807, 2.05) is 6.92 Å². The summed E-state index contributed by atoms with van der Waals surface area (Å²) in [6, 6.07) is 0. The molecule has 7 heavy (non-hydrogen) atoms. The van der Waals surface area contributed by atoms with Gasteiger partial charge in [0.1, 0.15) is 0 Å². The molecule has 0 spiro atoms. The van der Waals surface area contributed by atoms with Gasteiger partial charge in [-0.2, -0.15) is 25.3 Å². The van der Waals surface area contributed by atoms with Gasteiger partial charge in [0.05, 0.1) is 4.08 Å². The van der Waals surface area contributed by atoms with Gasteiger partial charge in [-0.25, -0.2) is 0 Å². The standard InChI is InChI=1S/C4H11NS2/c1-2-4(6,7)3-5/h6-7H,2-3,5H2,1H3. The van der Waals surface area contributed by atoms with Gasteiger partial charge >= 0.3 is 0 Å². The van der Waals surface area contributed by atoms with Gasteiger partial charge in [0, 0.05) is 6.54 Å². The second kappa shape index (κ2) is 2.84. The zero-order chi connectivity index (χ0) is 5.91. The molecule has 0 radical (unpaired) electrons. The average molecular weight is 137 g/mol. The molecule has 2 N–H and O–H groups in total. The first kappa shape index (κ1) is 7.66. The molecule has 0 bridgehead atoms. The summed E-state index contributed by atoms with van der Waals surface area (Å²) in [6.45, 7) is 2.53. The predicted molar refractivity (Wildman–Crippen MR) is 40.0 cm³/mol. The molecule has 0 saturated heterocycles. The molecule has 0 rings (SSSR count). The molecule has 3 heteroatoms. The van der Waals surface area contributed by atoms with Gasteiger partial charge in [0.25, 0.3) is 0 Å². The maximum Gasteiger partial charge on any atom is 0.0670 e. The SMILES string of the molecule is CCC(S)(S)CN. The van der Waals surface area contributed by atoms with E-state index < -0.39 is 0 Å². The first-order valence-electron chi connectivity index (χ1n) is 2.27. The Kier molecular flexibility index (Phi) is 3.11. The highest BCUT2D eigenvalue weighted by Gasteiger charge is 2.12. The van der Waals surface area contributed by atoms with Gasteiger partial charge in [0.15, 0.2) is 0 Å². The Morgan fingerprint density at radius 3 is 2.00 bits per heavy atom. The summed E-state index contributed by atoms with van der Waals surface area (Å²) >= 11 is 8.25. The molecule has 0 aliphatic carbocycles. The molecule has 0 aromatic carbocycles. The molecule has 0 unspecified atom stereocenters. The van der Waals surface area contributed by atoms with Crippen molar-refractivity contribution in [2.24, 2.45) is 5.73 Å². The average Bonchev–Trinajstić information content (AvgIpc) is 1.68. The van der Waals surface area contributed by atoms with Crippen molar-refractivity contribution in [3.63, 3.8) is 0 Å². The van der Waals surface area contributed by atoms with Crippen LogP contribution in [0.1, 0.15) is 13.3 Å². The van der Waals surface area contributed by atoms with Crippen LogP contribution in [-0.2, 0) is 0 Å². The van der Waals surface area contributed by atoms with E-state index in [2.05, 4.69) is 25.3 Å². The Bertz CT molecular complexity index is 47.7. The van der Waals surface area contributed by atoms with E-state index in [1.54, 1.807) is 0 Å². The van der Waals surface area contributed by atoms with Crippen LogP contribution in [0.5, 0.6) is 0 Å². The second-order valence-corrected chi connectivity index (χ2v) is 3.61. The van der Waals surface area contributed by atoms with Gasteiger partial charge < -0.3 is 5.73 Å². The fourth-order valence-electron chi connectivity index (χ4n) is 0.144. The third kappa shape index (κ3) is 3.26. The number of nitrogens with two attached hydrogens (primary N) is 1. The Labute approximate surface area is 55.5 Å². The van der Waals surface area contributed by atoms with Crippen molar-refractivity contribution in [1.82, 2.24) is 0 Å². The molecular formula is C4H11NS2. The Balaban J connectivity index is 3.36. The summed E-state index contributed by atoms with van der Waals surface area (Å²) in [6.07, 6.45) is 0.899. The lowest BCUT2D eigenvalue weighted by molar-refractivity contribution is 0.785. The molecule has 0 amide bonds. The molecule has 0 aromatic rings. The lowest BCUT2D eigenvalue weighted by Crippen LogP contribution is -2.23. The van der Waals surface area contributed by atoms with E-state index in [0.29, 0.717) is 6.54 Å². The topological polar surface area (TPSA) is 26.0 Å². The normalized spacial score (nSPS) is 12.0. The third-order valence-corrected chi connectivity index (χ3v) is 1.89. The van der Waals surface area contributed by atoms with Crippen LogP contribution in [-0.4, -0.2) is 10.6 Å². The maximum absolute atomic E-state index is 5.26. The maximum atomic E-state index is 5.26. The zero-order valence-electron chi connectivity index (χ0n) is 4.39. The fraction of sp³-hybridized carbons (Fsp3) is 1.00. The molecule has 0 aliphatic rings. The molecule has 0 atom stereocenters. The van der Waals surface area contributed by atoms with Crippen LogP contribution in [0.2, 0.25) is 0 Å². The minimum absolute atomic E-state index is 0.250. The van der Waals surface area contributed by atoms with E-state index in [-0.39, 0.29) is 4.08 Å². The summed E-state index contributed by atoms with van der Waals surface area (Å²) in [5.74, 6) is 0. The van der Waals surface area contributed by atoms with Crippen LogP contribution in [0, 0.1) is 0 Å². The largest absolute Gasteiger partial charge is 0.328 e. The number of rotatable bonds is 2. The van der Waals surface area contributed by atoms with E-state index >= 15 is 0 Å². The Hall–Kier alpha value is 0.660. The number of thiol groups is 2. The molecule has 0 heterocycles. The molecule has 0 aromatic heterocycles. The lowest BCUT2D eigenvalue weighted by Gasteiger charge is -2.16. The van der Waals surface area contributed by atoms with Crippen LogP contribution < -0.4 is 5.73 Å². The van der Waals surface area contributed by atoms with Crippen LogP contribution in [0.4, 0.5) is 0 Å². The number of hydrogen-bond donors (Lipinski definition) is 3. The summed E-state index contributed by atoms with van der Waals surface area (Å²) in [5, 5.41) is 0. The van der Waals surface area contributed by atoms with Crippen LogP contribution >= 0.6 is 25.3 Å². The van der Waals surface area contributed by atoms with E-state index in [9.17, 15) is 0 Å². The van der Waals surface area contributed by atoms with Crippen LogP contribution in [0.15, 0.2) is 0 Å². The highest BCUT2D eigenvalue weighted by Crippen LogP contribution is 2.20. The van der Waals surface area contributed by atoms with Crippen molar-refractivity contribution in [2.75, 3.05) is 6.54 Å². The molecule has 44 valence electrons. The fourth-order valence-corrected chi connectivity index (χ4v) is 0.144. The Morgan fingerprint density at radius 1 is 1.57 bits per heavy atom. The third-order valence-electron chi connectivity index (χ3n) is 0.893. The van der Waals surface area contributed by atoms with Crippen LogP contribution in [0.25, 0.3) is 0 Å². The van der Waals surface area contributed by atoms with Crippen molar-refractivity contribution in [3.8, 4) is 0 Å².